The molecule has 0 aliphatic carbocycles. The van der Waals surface area contributed by atoms with Gasteiger partial charge < -0.3 is 0 Å². The highest BCUT2D eigenvalue weighted by Crippen LogP contribution is 2.23. The largest absolute Gasteiger partial charge is 0.264 e. The number of halogens is 1. The number of aryl methyl sites for hydroxylation is 1. The van der Waals surface area contributed by atoms with Crippen molar-refractivity contribution in [2.24, 2.45) is 0 Å². The number of hydrogen-bond donors (Lipinski definition) is 0. The molecule has 0 N–H and O–H groups in total. The summed E-state index contributed by atoms with van der Waals surface area (Å²) in [6, 6.07) is 5.54. The Hall–Kier alpha value is -1.40. The molecule has 2 rings (SSSR count). The van der Waals surface area contributed by atoms with Crippen molar-refractivity contribution in [3.05, 3.63) is 41.5 Å². The Labute approximate surface area is 110 Å². The van der Waals surface area contributed by atoms with Gasteiger partial charge in [-0.25, -0.2) is 8.42 Å². The third-order valence-corrected chi connectivity index (χ3v) is 4.14. The van der Waals surface area contributed by atoms with Gasteiger partial charge in [0.2, 0.25) is 0 Å². The van der Waals surface area contributed by atoms with E-state index >= 15 is 0 Å². The first-order valence-corrected chi connectivity index (χ1v) is 7.59. The van der Waals surface area contributed by atoms with E-state index in [1.54, 1.807) is 24.7 Å². The lowest BCUT2D eigenvalue weighted by Crippen LogP contribution is -2.06. The van der Waals surface area contributed by atoms with E-state index in [0.29, 0.717) is 17.9 Å². The van der Waals surface area contributed by atoms with Crippen LogP contribution < -0.4 is 0 Å². The highest BCUT2D eigenvalue weighted by atomic mass is 35.7. The third kappa shape index (κ3) is 2.54. The highest BCUT2D eigenvalue weighted by molar-refractivity contribution is 8.13. The maximum atomic E-state index is 11.4. The molecular weight excluding hydrogens is 274 g/mol. The fourth-order valence-corrected chi connectivity index (χ4v) is 3.35. The molecule has 2 heterocycles. The lowest BCUT2D eigenvalue weighted by atomic mass is 10.3. The maximum Gasteiger partial charge on any atom is 0.264 e. The minimum Gasteiger partial charge on any atom is -0.262 e. The number of pyridine rings is 1. The second-order valence-electron chi connectivity index (χ2n) is 3.92. The van der Waals surface area contributed by atoms with Crippen molar-refractivity contribution < 1.29 is 8.42 Å². The van der Waals surface area contributed by atoms with Gasteiger partial charge in [0, 0.05) is 16.9 Å². The van der Waals surface area contributed by atoms with Crippen LogP contribution in [0.15, 0.2) is 29.3 Å². The van der Waals surface area contributed by atoms with Crippen LogP contribution in [-0.4, -0.2) is 23.2 Å². The smallest absolute Gasteiger partial charge is 0.262 e. The molecule has 0 amide bonds. The average molecular weight is 286 g/mol. The summed E-state index contributed by atoms with van der Waals surface area (Å²) >= 11 is 0. The molecule has 0 atom stereocenters. The first kappa shape index (κ1) is 13.0. The lowest BCUT2D eigenvalue weighted by molar-refractivity contribution is 0.607. The molecule has 0 spiro atoms. The molecule has 0 aliphatic heterocycles. The summed E-state index contributed by atoms with van der Waals surface area (Å²) in [7, 11) is 1.62. The third-order valence-electron chi connectivity index (χ3n) is 2.60. The minimum absolute atomic E-state index is 0.0834. The Bertz CT molecular complexity index is 665. The van der Waals surface area contributed by atoms with Crippen molar-refractivity contribution >= 4 is 19.7 Å². The van der Waals surface area contributed by atoms with Gasteiger partial charge in [0.05, 0.1) is 23.6 Å². The van der Waals surface area contributed by atoms with Crippen LogP contribution >= 0.6 is 10.7 Å². The molecular formula is C11H12ClN3O2S. The highest BCUT2D eigenvalue weighted by Gasteiger charge is 2.22. The summed E-state index contributed by atoms with van der Waals surface area (Å²) in [4.78, 5) is 4.26. The van der Waals surface area contributed by atoms with Crippen molar-refractivity contribution in [3.63, 3.8) is 0 Å². The topological polar surface area (TPSA) is 64.8 Å². The van der Waals surface area contributed by atoms with Crippen molar-refractivity contribution in [3.8, 4) is 0 Å². The zero-order chi connectivity index (χ0) is 13.3. The molecule has 0 aromatic carbocycles. The maximum absolute atomic E-state index is 11.4. The van der Waals surface area contributed by atoms with Gasteiger partial charge in [-0.05, 0) is 26.0 Å². The van der Waals surface area contributed by atoms with Gasteiger partial charge in [-0.1, -0.05) is 6.07 Å². The second kappa shape index (κ2) is 4.70. The fraction of sp³-hybridized carbons (Fsp3) is 0.273. The van der Waals surface area contributed by atoms with Gasteiger partial charge in [-0.2, -0.15) is 5.10 Å². The van der Waals surface area contributed by atoms with Crippen molar-refractivity contribution in [2.75, 3.05) is 0 Å². The summed E-state index contributed by atoms with van der Waals surface area (Å²) in [6.45, 7) is 3.72. The molecule has 2 aromatic rings. The zero-order valence-corrected chi connectivity index (χ0v) is 11.5. The molecule has 0 saturated heterocycles. The van der Waals surface area contributed by atoms with Gasteiger partial charge in [0.15, 0.2) is 0 Å². The molecule has 18 heavy (non-hydrogen) atoms. The van der Waals surface area contributed by atoms with Gasteiger partial charge in [-0.15, -0.1) is 0 Å². The van der Waals surface area contributed by atoms with E-state index in [0.717, 1.165) is 5.69 Å². The van der Waals surface area contributed by atoms with Gasteiger partial charge in [0.25, 0.3) is 9.05 Å². The van der Waals surface area contributed by atoms with E-state index in [4.69, 9.17) is 10.7 Å². The van der Waals surface area contributed by atoms with E-state index in [1.807, 2.05) is 18.2 Å². The van der Waals surface area contributed by atoms with E-state index < -0.39 is 9.05 Å². The van der Waals surface area contributed by atoms with E-state index in [9.17, 15) is 8.42 Å². The first-order valence-electron chi connectivity index (χ1n) is 5.28. The number of aromatic nitrogens is 3. The van der Waals surface area contributed by atoms with E-state index in [1.165, 1.54) is 0 Å². The molecule has 0 unspecified atom stereocenters. The number of rotatable bonds is 3. The van der Waals surface area contributed by atoms with Crippen LogP contribution in [0.3, 0.4) is 0 Å². The van der Waals surface area contributed by atoms with Crippen LogP contribution in [0.5, 0.6) is 0 Å². The Morgan fingerprint density at radius 3 is 2.56 bits per heavy atom. The predicted octanol–water partition coefficient (Wildman–Crippen LogP) is 1.87. The van der Waals surface area contributed by atoms with E-state index in [2.05, 4.69) is 10.1 Å². The zero-order valence-electron chi connectivity index (χ0n) is 9.96. The van der Waals surface area contributed by atoms with Gasteiger partial charge in [-0.3, -0.25) is 9.67 Å². The fourth-order valence-electron chi connectivity index (χ4n) is 1.83. The molecule has 96 valence electrons. The summed E-state index contributed by atoms with van der Waals surface area (Å²) in [6.07, 6.45) is 1.68. The SMILES string of the molecule is Cc1nn(Cc2ccccn2)c(C)c1S(=O)(=O)Cl. The Morgan fingerprint density at radius 1 is 1.33 bits per heavy atom. The minimum atomic E-state index is -3.77. The predicted molar refractivity (Wildman–Crippen MR) is 68.1 cm³/mol. The number of nitrogens with zero attached hydrogens (tertiary/aromatic N) is 3. The molecule has 0 aliphatic rings. The van der Waals surface area contributed by atoms with Crippen LogP contribution in [0, 0.1) is 13.8 Å². The molecule has 0 saturated carbocycles. The molecule has 0 radical (unpaired) electrons. The van der Waals surface area contributed by atoms with E-state index in [-0.39, 0.29) is 4.90 Å². The van der Waals surface area contributed by atoms with Crippen LogP contribution in [0.25, 0.3) is 0 Å². The average Bonchev–Trinajstić information content (AvgIpc) is 2.54. The standard InChI is InChI=1S/C11H12ClN3O2S/c1-8-11(18(12,16)17)9(2)15(14-8)7-10-5-3-4-6-13-10/h3-6H,7H2,1-2H3. The van der Waals surface area contributed by atoms with Crippen LogP contribution in [0.4, 0.5) is 0 Å². The molecule has 0 fully saturated rings. The van der Waals surface area contributed by atoms with Gasteiger partial charge >= 0.3 is 0 Å². The van der Waals surface area contributed by atoms with Crippen molar-refractivity contribution in [2.45, 2.75) is 25.3 Å². The molecule has 5 nitrogen and oxygen atoms in total. The van der Waals surface area contributed by atoms with Crippen LogP contribution in [0.1, 0.15) is 17.1 Å². The van der Waals surface area contributed by atoms with Crippen LogP contribution in [-0.2, 0) is 15.6 Å². The molecule has 7 heteroatoms. The summed E-state index contributed by atoms with van der Waals surface area (Å²) in [5.41, 5.74) is 1.73. The quantitative estimate of drug-likeness (QED) is 0.808. The first-order chi connectivity index (χ1) is 8.39. The monoisotopic (exact) mass is 285 g/mol. The Balaban J connectivity index is 2.43. The van der Waals surface area contributed by atoms with Gasteiger partial charge in [0.1, 0.15) is 4.90 Å². The summed E-state index contributed by atoms with van der Waals surface area (Å²) < 4.78 is 24.5. The van der Waals surface area contributed by atoms with Crippen LogP contribution in [0.2, 0.25) is 0 Å². The van der Waals surface area contributed by atoms with Crippen molar-refractivity contribution in [1.82, 2.24) is 14.8 Å². The number of hydrogen-bond acceptors (Lipinski definition) is 4. The lowest BCUT2D eigenvalue weighted by Gasteiger charge is -2.03. The Morgan fingerprint density at radius 2 is 2.06 bits per heavy atom. The summed E-state index contributed by atoms with van der Waals surface area (Å²) in [5, 5.41) is 4.18. The summed E-state index contributed by atoms with van der Waals surface area (Å²) in [5.74, 6) is 0. The molecule has 2 aromatic heterocycles. The Kier molecular flexibility index (Phi) is 3.41. The van der Waals surface area contributed by atoms with Crippen molar-refractivity contribution in [1.29, 1.82) is 0 Å². The normalized spacial score (nSPS) is 11.7. The molecule has 0 bridgehead atoms. The second-order valence-corrected chi connectivity index (χ2v) is 6.42.